The molecule has 0 bridgehead atoms. The smallest absolute Gasteiger partial charge is 0.228 e. The number of rotatable bonds is 5. The van der Waals surface area contributed by atoms with Crippen molar-refractivity contribution in [1.82, 2.24) is 15.0 Å². The number of nitrogens with one attached hydrogen (secondary N) is 1. The van der Waals surface area contributed by atoms with Gasteiger partial charge in [0, 0.05) is 23.6 Å². The van der Waals surface area contributed by atoms with Gasteiger partial charge in [-0.15, -0.1) is 10.0 Å². The summed E-state index contributed by atoms with van der Waals surface area (Å²) in [5.41, 5.74) is 0.700. The third kappa shape index (κ3) is 3.32. The summed E-state index contributed by atoms with van der Waals surface area (Å²) in [6.07, 6.45) is 4.59. The van der Waals surface area contributed by atoms with Crippen LogP contribution in [0.3, 0.4) is 0 Å². The van der Waals surface area contributed by atoms with Crippen molar-refractivity contribution in [2.75, 3.05) is 5.32 Å². The predicted molar refractivity (Wildman–Crippen MR) is 102 cm³/mol. The van der Waals surface area contributed by atoms with Gasteiger partial charge in [0.25, 0.3) is 0 Å². The molecule has 3 unspecified atom stereocenters. The van der Waals surface area contributed by atoms with Crippen LogP contribution in [0.1, 0.15) is 19.8 Å². The fourth-order valence-electron chi connectivity index (χ4n) is 4.84. The van der Waals surface area contributed by atoms with E-state index in [1.165, 1.54) is 18.2 Å². The first-order valence-electron chi connectivity index (χ1n) is 9.73. The summed E-state index contributed by atoms with van der Waals surface area (Å²) in [6.45, 7) is 1.90. The Hall–Kier alpha value is -3.03. The molecular weight excluding hydrogens is 378 g/mol. The summed E-state index contributed by atoms with van der Waals surface area (Å²) in [5, 5.41) is 6.88. The molecule has 0 radical (unpaired) electrons. The van der Waals surface area contributed by atoms with Crippen LogP contribution in [0, 0.1) is 29.5 Å². The summed E-state index contributed by atoms with van der Waals surface area (Å²) in [7, 11) is 0. The molecule has 1 N–H and O–H groups in total. The lowest BCUT2D eigenvalue weighted by Gasteiger charge is -2.20. The Morgan fingerprint density at radius 1 is 1.28 bits per heavy atom. The Labute approximate surface area is 165 Å². The fourth-order valence-corrected chi connectivity index (χ4v) is 4.84. The van der Waals surface area contributed by atoms with Crippen molar-refractivity contribution >= 4 is 22.6 Å². The molecule has 6 nitrogen and oxygen atoms in total. The molecule has 2 aromatic heterocycles. The quantitative estimate of drug-likeness (QED) is 0.706. The lowest BCUT2D eigenvalue weighted by Crippen LogP contribution is -2.25. The molecule has 3 aromatic rings. The molecule has 29 heavy (non-hydrogen) atoms. The molecule has 2 saturated carbocycles. The second kappa shape index (κ2) is 6.79. The van der Waals surface area contributed by atoms with E-state index < -0.39 is 0 Å². The highest BCUT2D eigenvalue weighted by Crippen LogP contribution is 2.61. The number of nitrogens with zero attached hydrogens (tertiary/aromatic N) is 3. The summed E-state index contributed by atoms with van der Waals surface area (Å²) in [6, 6.07) is 7.67. The van der Waals surface area contributed by atoms with Crippen LogP contribution in [0.25, 0.3) is 10.9 Å². The van der Waals surface area contributed by atoms with Crippen molar-refractivity contribution in [2.45, 2.75) is 25.9 Å². The van der Waals surface area contributed by atoms with E-state index in [2.05, 4.69) is 15.4 Å². The first-order chi connectivity index (χ1) is 14.0. The van der Waals surface area contributed by atoms with Crippen molar-refractivity contribution in [3.05, 3.63) is 48.5 Å². The van der Waals surface area contributed by atoms with Crippen LogP contribution in [0.4, 0.5) is 14.7 Å². The summed E-state index contributed by atoms with van der Waals surface area (Å²) in [4.78, 5) is 16.8. The second-order valence-electron chi connectivity index (χ2n) is 7.95. The first kappa shape index (κ1) is 18.0. The van der Waals surface area contributed by atoms with Crippen LogP contribution in [0.2, 0.25) is 0 Å². The number of hydrogen-bond acceptors (Lipinski definition) is 4. The number of ether oxygens (including phenoxy) is 1. The van der Waals surface area contributed by atoms with E-state index in [1.54, 1.807) is 18.3 Å². The second-order valence-corrected chi connectivity index (χ2v) is 7.95. The highest BCUT2D eigenvalue weighted by Gasteiger charge is 2.59. The number of anilines is 1. The highest BCUT2D eigenvalue weighted by molar-refractivity contribution is 5.92. The van der Waals surface area contributed by atoms with Crippen LogP contribution in [-0.4, -0.2) is 27.0 Å². The summed E-state index contributed by atoms with van der Waals surface area (Å²) in [5.74, 6) is 1.39. The number of halogens is 2. The van der Waals surface area contributed by atoms with Gasteiger partial charge < -0.3 is 10.1 Å². The Bertz CT molecular complexity index is 1070. The predicted octanol–water partition coefficient (Wildman–Crippen LogP) is 3.98. The normalized spacial score (nSPS) is 26.2. The summed E-state index contributed by atoms with van der Waals surface area (Å²) < 4.78 is 32.7. The maximum absolute atomic E-state index is 13.6. The molecule has 8 heteroatoms. The molecule has 2 fully saturated rings. The number of benzene rings is 1. The van der Waals surface area contributed by atoms with Crippen molar-refractivity contribution in [1.29, 1.82) is 0 Å². The van der Waals surface area contributed by atoms with Crippen molar-refractivity contribution in [2.24, 2.45) is 23.7 Å². The molecular formula is C21H20F2N4O2. The van der Waals surface area contributed by atoms with E-state index in [-0.39, 0.29) is 34.5 Å². The van der Waals surface area contributed by atoms with Crippen molar-refractivity contribution < 1.29 is 18.4 Å². The molecule has 5 atom stereocenters. The lowest BCUT2D eigenvalue weighted by molar-refractivity contribution is -0.120. The van der Waals surface area contributed by atoms with Gasteiger partial charge in [0.1, 0.15) is 11.6 Å². The number of hydrogen-bond donors (Lipinski definition) is 1. The van der Waals surface area contributed by atoms with Gasteiger partial charge in [-0.3, -0.25) is 9.78 Å². The number of aromatic nitrogens is 3. The lowest BCUT2D eigenvalue weighted by atomic mass is 9.97. The third-order valence-corrected chi connectivity index (χ3v) is 6.23. The van der Waals surface area contributed by atoms with Crippen LogP contribution >= 0.6 is 0 Å². The van der Waals surface area contributed by atoms with E-state index >= 15 is 0 Å². The number of fused-ring (bicyclic) bond motifs is 2. The van der Waals surface area contributed by atoms with Crippen molar-refractivity contribution in [3.63, 3.8) is 0 Å². The van der Waals surface area contributed by atoms with Gasteiger partial charge in [0.2, 0.25) is 5.91 Å². The average Bonchev–Trinajstić information content (AvgIpc) is 3.00. The Morgan fingerprint density at radius 3 is 2.79 bits per heavy atom. The minimum absolute atomic E-state index is 0.0487. The Balaban J connectivity index is 1.20. The number of carbonyl (C=O) groups excluding carboxylic acids is 1. The van der Waals surface area contributed by atoms with Gasteiger partial charge in [-0.2, -0.15) is 0 Å². The van der Waals surface area contributed by atoms with E-state index in [1.807, 2.05) is 6.92 Å². The summed E-state index contributed by atoms with van der Waals surface area (Å²) >= 11 is 0. The molecule has 0 spiro atoms. The zero-order valence-corrected chi connectivity index (χ0v) is 15.8. The number of pyridine rings is 1. The number of amides is 1. The first-order valence-corrected chi connectivity index (χ1v) is 9.73. The van der Waals surface area contributed by atoms with E-state index in [0.717, 1.165) is 19.0 Å². The molecule has 1 amide bonds. The molecule has 0 saturated heterocycles. The molecule has 1 aromatic carbocycles. The van der Waals surface area contributed by atoms with Crippen LogP contribution < -0.4 is 10.1 Å². The molecule has 2 aliphatic carbocycles. The molecule has 150 valence electrons. The van der Waals surface area contributed by atoms with E-state index in [0.29, 0.717) is 34.4 Å². The molecule has 5 rings (SSSR count). The van der Waals surface area contributed by atoms with Gasteiger partial charge in [0.05, 0.1) is 17.8 Å². The van der Waals surface area contributed by atoms with Gasteiger partial charge in [0.15, 0.2) is 5.82 Å². The van der Waals surface area contributed by atoms with E-state index in [9.17, 15) is 13.7 Å². The van der Waals surface area contributed by atoms with Crippen LogP contribution in [0.5, 0.6) is 5.75 Å². The Morgan fingerprint density at radius 2 is 2.07 bits per heavy atom. The van der Waals surface area contributed by atoms with Crippen LogP contribution in [0.15, 0.2) is 42.7 Å². The van der Waals surface area contributed by atoms with Gasteiger partial charge in [-0.05, 0) is 54.9 Å². The molecule has 2 heterocycles. The van der Waals surface area contributed by atoms with Gasteiger partial charge >= 0.3 is 0 Å². The molecule has 0 aliphatic heterocycles. The maximum atomic E-state index is 13.6. The zero-order valence-electron chi connectivity index (χ0n) is 15.8. The minimum atomic E-state index is -0.317. The zero-order chi connectivity index (χ0) is 20.1. The largest absolute Gasteiger partial charge is 0.490 e. The van der Waals surface area contributed by atoms with Gasteiger partial charge in [-0.1, -0.05) is 11.4 Å². The van der Waals surface area contributed by atoms with E-state index in [4.69, 9.17) is 4.74 Å². The monoisotopic (exact) mass is 398 g/mol. The standard InChI is InChI=1S/C21H20F2N4O2/c1-11(21(28)25-19-5-7-27(23)26-19)20-14-9-13(10-15(14)20)29-18-4-6-24-17-3-2-12(22)8-16(17)18/h2-8,11,13-15,20H,9-10H2,1H3,(H,25,26,28)/t11?,13?,14-,15+,20?. The topological polar surface area (TPSA) is 69.0 Å². The van der Waals surface area contributed by atoms with Crippen molar-refractivity contribution in [3.8, 4) is 5.75 Å². The molecule has 2 aliphatic rings. The Kier molecular flexibility index (Phi) is 4.22. The fraction of sp³-hybridized carbons (Fsp3) is 0.381. The van der Waals surface area contributed by atoms with Gasteiger partial charge in [-0.25, -0.2) is 4.39 Å². The average molecular weight is 398 g/mol. The highest BCUT2D eigenvalue weighted by atomic mass is 19.2. The maximum Gasteiger partial charge on any atom is 0.228 e. The minimum Gasteiger partial charge on any atom is -0.490 e. The third-order valence-electron chi connectivity index (χ3n) is 6.23. The SMILES string of the molecule is CC(C(=O)Nc1ccn(F)n1)C1[C@H]2CC(Oc3ccnc4ccc(F)cc34)C[C@@H]12. The number of carbonyl (C=O) groups is 1. The van der Waals surface area contributed by atoms with Crippen LogP contribution in [-0.2, 0) is 4.79 Å².